The maximum atomic E-state index is 6.25. The van der Waals surface area contributed by atoms with Gasteiger partial charge >= 0.3 is 0 Å². The Labute approximate surface area is 122 Å². The maximum absolute atomic E-state index is 6.25. The van der Waals surface area contributed by atoms with Crippen LogP contribution in [0.1, 0.15) is 37.4 Å². The summed E-state index contributed by atoms with van der Waals surface area (Å²) >= 11 is 3.50. The summed E-state index contributed by atoms with van der Waals surface area (Å²) in [4.78, 5) is 0. The number of benzene rings is 1. The van der Waals surface area contributed by atoms with Crippen LogP contribution in [0.25, 0.3) is 0 Å². The average molecular weight is 323 g/mol. The van der Waals surface area contributed by atoms with Gasteiger partial charge in [-0.25, -0.2) is 0 Å². The van der Waals surface area contributed by atoms with Gasteiger partial charge in [-0.2, -0.15) is 0 Å². The number of rotatable bonds is 1. The Balaban J connectivity index is 1.69. The summed E-state index contributed by atoms with van der Waals surface area (Å²) in [6, 6.07) is 8.61. The van der Waals surface area contributed by atoms with Crippen LogP contribution in [0.5, 0.6) is 0 Å². The van der Waals surface area contributed by atoms with Crippen molar-refractivity contribution in [1.82, 2.24) is 0 Å². The Kier molecular flexibility index (Phi) is 2.98. The molecular formula is C16H19BrO2. The van der Waals surface area contributed by atoms with E-state index >= 15 is 0 Å². The van der Waals surface area contributed by atoms with Crippen molar-refractivity contribution in [3.8, 4) is 0 Å². The molecule has 0 aromatic heterocycles. The Morgan fingerprint density at radius 1 is 1.16 bits per heavy atom. The molecule has 0 radical (unpaired) electrons. The van der Waals surface area contributed by atoms with Crippen LogP contribution < -0.4 is 0 Å². The molecule has 3 heteroatoms. The smallest absolute Gasteiger partial charge is 0.0880 e. The van der Waals surface area contributed by atoms with Gasteiger partial charge in [0.15, 0.2) is 0 Å². The molecule has 1 spiro atoms. The third-order valence-electron chi connectivity index (χ3n) is 5.28. The summed E-state index contributed by atoms with van der Waals surface area (Å²) in [5.41, 5.74) is 1.44. The van der Waals surface area contributed by atoms with E-state index in [1.165, 1.54) is 31.2 Å². The first-order valence-corrected chi connectivity index (χ1v) is 8.10. The van der Waals surface area contributed by atoms with E-state index in [4.69, 9.17) is 9.47 Å². The second-order valence-electron chi connectivity index (χ2n) is 6.09. The summed E-state index contributed by atoms with van der Waals surface area (Å²) in [6.07, 6.45) is 5.18. The van der Waals surface area contributed by atoms with Gasteiger partial charge in [0.1, 0.15) is 0 Å². The quantitative estimate of drug-likeness (QED) is 0.775. The molecule has 19 heavy (non-hydrogen) atoms. The minimum absolute atomic E-state index is 0.135. The first kappa shape index (κ1) is 12.4. The highest BCUT2D eigenvalue weighted by atomic mass is 79.9. The van der Waals surface area contributed by atoms with E-state index in [0.717, 1.165) is 17.7 Å². The zero-order chi connectivity index (χ0) is 12.9. The van der Waals surface area contributed by atoms with Gasteiger partial charge in [0.2, 0.25) is 0 Å². The van der Waals surface area contributed by atoms with Crippen molar-refractivity contribution in [3.05, 3.63) is 34.3 Å². The van der Waals surface area contributed by atoms with Crippen LogP contribution in [0.4, 0.5) is 0 Å². The summed E-state index contributed by atoms with van der Waals surface area (Å²) in [6.45, 7) is 1.80. The van der Waals surface area contributed by atoms with Crippen molar-refractivity contribution >= 4 is 15.9 Å². The number of ether oxygens (including phenoxy) is 2. The van der Waals surface area contributed by atoms with Crippen LogP contribution in [0.2, 0.25) is 0 Å². The highest BCUT2D eigenvalue weighted by Gasteiger charge is 2.58. The zero-order valence-corrected chi connectivity index (χ0v) is 12.6. The summed E-state index contributed by atoms with van der Waals surface area (Å²) in [7, 11) is 0. The highest BCUT2D eigenvalue weighted by Crippen LogP contribution is 2.57. The molecule has 2 aliphatic heterocycles. The van der Waals surface area contributed by atoms with Crippen LogP contribution in [-0.4, -0.2) is 18.8 Å². The maximum Gasteiger partial charge on any atom is 0.0880 e. The van der Waals surface area contributed by atoms with E-state index in [1.807, 2.05) is 0 Å². The lowest BCUT2D eigenvalue weighted by Gasteiger charge is -2.45. The third-order valence-corrected chi connectivity index (χ3v) is 5.81. The molecule has 4 atom stereocenters. The Morgan fingerprint density at radius 2 is 2.00 bits per heavy atom. The monoisotopic (exact) mass is 322 g/mol. The van der Waals surface area contributed by atoms with Crippen LogP contribution in [0.3, 0.4) is 0 Å². The summed E-state index contributed by atoms with van der Waals surface area (Å²) in [5, 5.41) is 0. The van der Waals surface area contributed by atoms with Gasteiger partial charge in [-0.1, -0.05) is 34.5 Å². The standard InChI is InChI=1S/C16H19BrO2/c17-13-5-3-11(4-6-13)15-14-2-1-8-16(14)12(10-18-15)7-9-19-16/h3-6,12,14-15H,1-2,7-10H2/t12-,14-,15-,16-/m0/s1. The molecule has 1 saturated carbocycles. The van der Waals surface area contributed by atoms with E-state index in [0.29, 0.717) is 11.8 Å². The Morgan fingerprint density at radius 3 is 2.84 bits per heavy atom. The largest absolute Gasteiger partial charge is 0.374 e. The molecule has 1 aromatic rings. The van der Waals surface area contributed by atoms with E-state index in [1.54, 1.807) is 0 Å². The number of hydrogen-bond donors (Lipinski definition) is 0. The fraction of sp³-hybridized carbons (Fsp3) is 0.625. The Bertz CT molecular complexity index is 468. The first-order valence-electron chi connectivity index (χ1n) is 7.31. The topological polar surface area (TPSA) is 18.5 Å². The molecular weight excluding hydrogens is 304 g/mol. The fourth-order valence-corrected chi connectivity index (χ4v) is 4.68. The van der Waals surface area contributed by atoms with Gasteiger partial charge in [-0.05, 0) is 37.0 Å². The minimum atomic E-state index is 0.135. The van der Waals surface area contributed by atoms with E-state index in [-0.39, 0.29) is 11.7 Å². The van der Waals surface area contributed by atoms with Gasteiger partial charge in [0.25, 0.3) is 0 Å². The van der Waals surface area contributed by atoms with Gasteiger partial charge in [-0.3, -0.25) is 0 Å². The second kappa shape index (κ2) is 4.57. The predicted molar refractivity (Wildman–Crippen MR) is 77.0 cm³/mol. The van der Waals surface area contributed by atoms with Gasteiger partial charge in [-0.15, -0.1) is 0 Å². The average Bonchev–Trinajstić information content (AvgIpc) is 3.02. The number of hydrogen-bond acceptors (Lipinski definition) is 2. The molecule has 3 fully saturated rings. The van der Waals surface area contributed by atoms with Crippen LogP contribution in [0, 0.1) is 11.8 Å². The predicted octanol–water partition coefficient (Wildman–Crippen LogP) is 4.10. The van der Waals surface area contributed by atoms with Crippen molar-refractivity contribution in [2.24, 2.45) is 11.8 Å². The van der Waals surface area contributed by atoms with Crippen molar-refractivity contribution in [2.45, 2.75) is 37.4 Å². The molecule has 0 N–H and O–H groups in total. The van der Waals surface area contributed by atoms with E-state index in [9.17, 15) is 0 Å². The molecule has 4 rings (SSSR count). The molecule has 2 heterocycles. The molecule has 0 bridgehead atoms. The molecule has 3 aliphatic rings. The van der Waals surface area contributed by atoms with Gasteiger partial charge < -0.3 is 9.47 Å². The highest BCUT2D eigenvalue weighted by molar-refractivity contribution is 9.10. The van der Waals surface area contributed by atoms with Gasteiger partial charge in [0, 0.05) is 22.9 Å². The minimum Gasteiger partial charge on any atom is -0.374 e. The normalized spacial score (nSPS) is 41.0. The van der Waals surface area contributed by atoms with Crippen LogP contribution in [0.15, 0.2) is 28.7 Å². The van der Waals surface area contributed by atoms with Crippen molar-refractivity contribution in [3.63, 3.8) is 0 Å². The van der Waals surface area contributed by atoms with Gasteiger partial charge in [0.05, 0.1) is 18.3 Å². The Hall–Kier alpha value is -0.380. The van der Waals surface area contributed by atoms with Crippen LogP contribution >= 0.6 is 15.9 Å². The van der Waals surface area contributed by atoms with Crippen molar-refractivity contribution in [2.75, 3.05) is 13.2 Å². The lowest BCUT2D eigenvalue weighted by atomic mass is 9.73. The fourth-order valence-electron chi connectivity index (χ4n) is 4.42. The SMILES string of the molecule is Brc1ccc([C@@H]2OC[C@@H]3CCO[C@@]34CCC[C@@H]24)cc1. The summed E-state index contributed by atoms with van der Waals surface area (Å²) in [5.74, 6) is 1.18. The molecule has 102 valence electrons. The van der Waals surface area contributed by atoms with Crippen molar-refractivity contribution < 1.29 is 9.47 Å². The van der Waals surface area contributed by atoms with Crippen molar-refractivity contribution in [1.29, 1.82) is 0 Å². The first-order chi connectivity index (χ1) is 9.29. The summed E-state index contributed by atoms with van der Waals surface area (Å²) < 4.78 is 13.6. The van der Waals surface area contributed by atoms with E-state index < -0.39 is 0 Å². The molecule has 0 amide bonds. The number of halogens is 1. The molecule has 2 nitrogen and oxygen atoms in total. The third kappa shape index (κ3) is 1.82. The van der Waals surface area contributed by atoms with Crippen LogP contribution in [-0.2, 0) is 9.47 Å². The second-order valence-corrected chi connectivity index (χ2v) is 7.01. The van der Waals surface area contributed by atoms with E-state index in [2.05, 4.69) is 40.2 Å². The molecule has 0 unspecified atom stereocenters. The lowest BCUT2D eigenvalue weighted by Crippen LogP contribution is -2.48. The zero-order valence-electron chi connectivity index (χ0n) is 11.0. The molecule has 2 saturated heterocycles. The lowest BCUT2D eigenvalue weighted by molar-refractivity contribution is -0.166. The molecule has 1 aliphatic carbocycles. The molecule has 1 aromatic carbocycles.